The van der Waals surface area contributed by atoms with Gasteiger partial charge < -0.3 is 15.2 Å². The molecule has 4 heteroatoms. The van der Waals surface area contributed by atoms with Crippen molar-refractivity contribution >= 4 is 5.91 Å². The molecule has 0 aliphatic heterocycles. The minimum Gasteiger partial charge on any atom is -0.504 e. The molecule has 0 fully saturated rings. The number of hydrogen-bond donors (Lipinski definition) is 2. The Balaban J connectivity index is 2.39. The molecule has 0 spiro atoms. The van der Waals surface area contributed by atoms with Gasteiger partial charge in [0.05, 0.1) is 7.11 Å². The molecule has 2 N–H and O–H groups in total. The van der Waals surface area contributed by atoms with Gasteiger partial charge in [-0.3, -0.25) is 4.79 Å². The molecular weight excluding hydrogens is 242 g/mol. The number of allylic oxidation sites excluding steroid dienone is 2. The summed E-state index contributed by atoms with van der Waals surface area (Å²) in [5, 5.41) is 12.3. The summed E-state index contributed by atoms with van der Waals surface area (Å²) in [5.74, 6) is 0.535. The van der Waals surface area contributed by atoms with Crippen LogP contribution in [0, 0.1) is 0 Å². The molecule has 0 aliphatic carbocycles. The fraction of sp³-hybridized carbons (Fsp3) is 0.400. The van der Waals surface area contributed by atoms with Gasteiger partial charge in [-0.1, -0.05) is 25.1 Å². The second kappa shape index (κ2) is 8.19. The van der Waals surface area contributed by atoms with Crippen molar-refractivity contribution in [3.63, 3.8) is 0 Å². The first-order chi connectivity index (χ1) is 9.17. The minimum atomic E-state index is 0.0211. The van der Waals surface area contributed by atoms with Gasteiger partial charge in [0.15, 0.2) is 11.5 Å². The number of phenolic OH excluding ortho intramolecular Hbond substituents is 1. The lowest BCUT2D eigenvalue weighted by atomic mass is 10.2. The third-order valence-corrected chi connectivity index (χ3v) is 2.67. The summed E-state index contributed by atoms with van der Waals surface area (Å²) in [7, 11) is 1.50. The maximum absolute atomic E-state index is 11.6. The van der Waals surface area contributed by atoms with Gasteiger partial charge in [-0.25, -0.2) is 0 Å². The van der Waals surface area contributed by atoms with Crippen molar-refractivity contribution in [3.8, 4) is 11.5 Å². The van der Waals surface area contributed by atoms with Crippen LogP contribution in [0.15, 0.2) is 30.4 Å². The van der Waals surface area contributed by atoms with Gasteiger partial charge in [-0.2, -0.15) is 0 Å². The van der Waals surface area contributed by atoms with Gasteiger partial charge in [0, 0.05) is 13.0 Å². The van der Waals surface area contributed by atoms with Crippen LogP contribution in [0.3, 0.4) is 0 Å². The number of amides is 1. The first-order valence-corrected chi connectivity index (χ1v) is 6.45. The fourth-order valence-electron chi connectivity index (χ4n) is 1.62. The molecule has 0 atom stereocenters. The average Bonchev–Trinajstić information content (AvgIpc) is 2.42. The molecule has 1 aromatic carbocycles. The number of hydrogen-bond acceptors (Lipinski definition) is 3. The highest BCUT2D eigenvalue weighted by Crippen LogP contribution is 2.26. The maximum atomic E-state index is 11.6. The predicted molar refractivity (Wildman–Crippen MR) is 75.2 cm³/mol. The molecule has 0 aliphatic rings. The summed E-state index contributed by atoms with van der Waals surface area (Å²) in [4.78, 5) is 11.6. The lowest BCUT2D eigenvalue weighted by Crippen LogP contribution is -2.22. The van der Waals surface area contributed by atoms with E-state index in [1.807, 2.05) is 6.08 Å². The molecule has 19 heavy (non-hydrogen) atoms. The molecule has 0 bridgehead atoms. The van der Waals surface area contributed by atoms with Crippen LogP contribution in [0.1, 0.15) is 31.7 Å². The Hall–Kier alpha value is -1.97. The number of aromatic hydroxyl groups is 1. The molecule has 104 valence electrons. The molecule has 0 unspecified atom stereocenters. The van der Waals surface area contributed by atoms with Gasteiger partial charge in [-0.05, 0) is 30.5 Å². The van der Waals surface area contributed by atoms with Crippen molar-refractivity contribution < 1.29 is 14.6 Å². The van der Waals surface area contributed by atoms with Crippen LogP contribution in [0.2, 0.25) is 0 Å². The molecule has 0 saturated heterocycles. The van der Waals surface area contributed by atoms with Crippen LogP contribution in [0.25, 0.3) is 0 Å². The number of rotatable bonds is 7. The third kappa shape index (κ3) is 5.46. The third-order valence-electron chi connectivity index (χ3n) is 2.67. The zero-order valence-electron chi connectivity index (χ0n) is 11.5. The van der Waals surface area contributed by atoms with Crippen molar-refractivity contribution in [2.24, 2.45) is 0 Å². The van der Waals surface area contributed by atoms with E-state index in [9.17, 15) is 9.90 Å². The fourth-order valence-corrected chi connectivity index (χ4v) is 1.62. The Kier molecular flexibility index (Phi) is 6.50. The Labute approximate surface area is 114 Å². The van der Waals surface area contributed by atoms with Crippen molar-refractivity contribution in [2.45, 2.75) is 32.7 Å². The summed E-state index contributed by atoms with van der Waals surface area (Å²) in [6.45, 7) is 2.50. The molecule has 0 radical (unpaired) electrons. The van der Waals surface area contributed by atoms with Crippen LogP contribution in [-0.2, 0) is 11.3 Å². The predicted octanol–water partition coefficient (Wildman–Crippen LogP) is 2.76. The molecule has 0 saturated carbocycles. The molecule has 1 rings (SSSR count). The van der Waals surface area contributed by atoms with Crippen LogP contribution in [0.5, 0.6) is 11.5 Å². The number of nitrogens with one attached hydrogen (secondary N) is 1. The highest BCUT2D eigenvalue weighted by Gasteiger charge is 2.04. The highest BCUT2D eigenvalue weighted by molar-refractivity contribution is 5.76. The molecule has 4 nitrogen and oxygen atoms in total. The average molecular weight is 263 g/mol. The van der Waals surface area contributed by atoms with Crippen molar-refractivity contribution in [3.05, 3.63) is 35.9 Å². The van der Waals surface area contributed by atoms with Gasteiger partial charge in [0.2, 0.25) is 5.91 Å². The quantitative estimate of drug-likeness (QED) is 0.744. The zero-order valence-corrected chi connectivity index (χ0v) is 11.5. The lowest BCUT2D eigenvalue weighted by molar-refractivity contribution is -0.121. The van der Waals surface area contributed by atoms with E-state index < -0.39 is 0 Å². The molecule has 0 aromatic heterocycles. The van der Waals surface area contributed by atoms with Crippen LogP contribution in [0.4, 0.5) is 0 Å². The Bertz CT molecular complexity index is 441. The van der Waals surface area contributed by atoms with Crippen molar-refractivity contribution in [1.82, 2.24) is 5.32 Å². The number of ether oxygens (including phenoxy) is 1. The van der Waals surface area contributed by atoms with E-state index in [0.717, 1.165) is 18.4 Å². The van der Waals surface area contributed by atoms with E-state index in [0.29, 0.717) is 18.7 Å². The van der Waals surface area contributed by atoms with E-state index in [-0.39, 0.29) is 11.7 Å². The van der Waals surface area contributed by atoms with Crippen molar-refractivity contribution in [1.29, 1.82) is 0 Å². The normalized spacial score (nSPS) is 10.6. The van der Waals surface area contributed by atoms with E-state index in [1.165, 1.54) is 7.11 Å². The molecule has 1 aromatic rings. The Morgan fingerprint density at radius 1 is 1.42 bits per heavy atom. The van der Waals surface area contributed by atoms with E-state index >= 15 is 0 Å². The Morgan fingerprint density at radius 2 is 2.21 bits per heavy atom. The molecule has 0 heterocycles. The van der Waals surface area contributed by atoms with Gasteiger partial charge >= 0.3 is 0 Å². The first kappa shape index (κ1) is 15.1. The molecule has 1 amide bonds. The van der Waals surface area contributed by atoms with Crippen molar-refractivity contribution in [2.75, 3.05) is 7.11 Å². The summed E-state index contributed by atoms with van der Waals surface area (Å²) in [6.07, 6.45) is 6.32. The largest absolute Gasteiger partial charge is 0.504 e. The summed E-state index contributed by atoms with van der Waals surface area (Å²) < 4.78 is 5.01. The first-order valence-electron chi connectivity index (χ1n) is 6.45. The van der Waals surface area contributed by atoms with E-state index in [1.54, 1.807) is 18.2 Å². The second-order valence-electron chi connectivity index (χ2n) is 4.20. The van der Waals surface area contributed by atoms with Gasteiger partial charge in [-0.15, -0.1) is 0 Å². The molecular formula is C15H21NO3. The monoisotopic (exact) mass is 263 g/mol. The second-order valence-corrected chi connectivity index (χ2v) is 4.20. The highest BCUT2D eigenvalue weighted by atomic mass is 16.5. The Morgan fingerprint density at radius 3 is 2.89 bits per heavy atom. The standard InChI is InChI=1S/C15H21NO3/c1-3-4-5-6-7-15(18)16-11-12-8-9-13(17)14(10-12)19-2/h4-5,8-10,17H,3,6-7,11H2,1-2H3,(H,16,18). The maximum Gasteiger partial charge on any atom is 0.220 e. The SMILES string of the molecule is CCC=CCCC(=O)NCc1ccc(O)c(OC)c1. The van der Waals surface area contributed by atoms with E-state index in [4.69, 9.17) is 4.74 Å². The summed E-state index contributed by atoms with van der Waals surface area (Å²) in [6, 6.07) is 5.03. The number of benzene rings is 1. The van der Waals surface area contributed by atoms with Crippen LogP contribution >= 0.6 is 0 Å². The number of carbonyl (C=O) groups excluding carboxylic acids is 1. The smallest absolute Gasteiger partial charge is 0.220 e. The minimum absolute atomic E-state index is 0.0211. The summed E-state index contributed by atoms with van der Waals surface area (Å²) in [5.41, 5.74) is 0.895. The van der Waals surface area contributed by atoms with Gasteiger partial charge in [0.1, 0.15) is 0 Å². The number of phenols is 1. The number of methoxy groups -OCH3 is 1. The van der Waals surface area contributed by atoms with Crippen LogP contribution in [-0.4, -0.2) is 18.1 Å². The lowest BCUT2D eigenvalue weighted by Gasteiger charge is -2.08. The summed E-state index contributed by atoms with van der Waals surface area (Å²) >= 11 is 0. The topological polar surface area (TPSA) is 58.6 Å². The zero-order chi connectivity index (χ0) is 14.1. The number of carbonyl (C=O) groups is 1. The van der Waals surface area contributed by atoms with Gasteiger partial charge in [0.25, 0.3) is 0 Å². The van der Waals surface area contributed by atoms with Crippen LogP contribution < -0.4 is 10.1 Å². The van der Waals surface area contributed by atoms with E-state index in [2.05, 4.69) is 18.3 Å².